The van der Waals surface area contributed by atoms with Gasteiger partial charge in [-0.05, 0) is 57.4 Å². The lowest BCUT2D eigenvalue weighted by Gasteiger charge is -2.09. The number of primary amides is 1. The molecule has 3 aromatic rings. The maximum absolute atomic E-state index is 12.5. The van der Waals surface area contributed by atoms with Gasteiger partial charge in [-0.15, -0.1) is 0 Å². The van der Waals surface area contributed by atoms with E-state index in [9.17, 15) is 9.59 Å². The van der Waals surface area contributed by atoms with Gasteiger partial charge < -0.3 is 15.2 Å². The number of aromatic nitrogens is 2. The van der Waals surface area contributed by atoms with E-state index in [0.717, 1.165) is 5.56 Å². The molecular formula is C21H19BrClN5O4. The van der Waals surface area contributed by atoms with Gasteiger partial charge in [0.25, 0.3) is 11.8 Å². The van der Waals surface area contributed by atoms with Gasteiger partial charge in [-0.1, -0.05) is 23.7 Å². The van der Waals surface area contributed by atoms with Crippen LogP contribution in [0.25, 0.3) is 0 Å². The second-order valence-corrected chi connectivity index (χ2v) is 7.80. The summed E-state index contributed by atoms with van der Waals surface area (Å²) in [5, 5.41) is 8.91. The van der Waals surface area contributed by atoms with E-state index in [4.69, 9.17) is 26.8 Å². The minimum absolute atomic E-state index is 0.191. The number of ether oxygens (including phenoxy) is 2. The third-order valence-corrected chi connectivity index (χ3v) is 4.96. The van der Waals surface area contributed by atoms with Crippen molar-refractivity contribution in [2.45, 2.75) is 6.54 Å². The molecule has 2 aromatic carbocycles. The Kier molecular flexibility index (Phi) is 7.85. The lowest BCUT2D eigenvalue weighted by atomic mass is 10.2. The van der Waals surface area contributed by atoms with Crippen LogP contribution in [0.2, 0.25) is 5.02 Å². The molecule has 32 heavy (non-hydrogen) atoms. The average molecular weight is 521 g/mol. The molecule has 1 aromatic heterocycles. The van der Waals surface area contributed by atoms with Gasteiger partial charge in [0.05, 0.1) is 24.3 Å². The molecule has 0 spiro atoms. The van der Waals surface area contributed by atoms with E-state index in [0.29, 0.717) is 33.1 Å². The van der Waals surface area contributed by atoms with Gasteiger partial charge in [-0.25, -0.2) is 5.43 Å². The first-order chi connectivity index (χ1) is 15.4. The Morgan fingerprint density at radius 3 is 2.69 bits per heavy atom. The van der Waals surface area contributed by atoms with Gasteiger partial charge in [0, 0.05) is 11.2 Å². The van der Waals surface area contributed by atoms with Crippen molar-refractivity contribution in [1.29, 1.82) is 0 Å². The number of benzene rings is 2. The van der Waals surface area contributed by atoms with Crippen molar-refractivity contribution in [1.82, 2.24) is 15.2 Å². The zero-order valence-electron chi connectivity index (χ0n) is 16.9. The normalized spacial score (nSPS) is 10.8. The Bertz CT molecular complexity index is 1150. The summed E-state index contributed by atoms with van der Waals surface area (Å²) < 4.78 is 12.7. The first-order valence-electron chi connectivity index (χ1n) is 9.25. The van der Waals surface area contributed by atoms with Crippen molar-refractivity contribution in [3.8, 4) is 11.5 Å². The molecule has 3 rings (SSSR count). The van der Waals surface area contributed by atoms with Gasteiger partial charge >= 0.3 is 0 Å². The molecule has 2 amide bonds. The van der Waals surface area contributed by atoms with E-state index in [2.05, 4.69) is 31.6 Å². The molecule has 0 bridgehead atoms. The molecule has 1 heterocycles. The van der Waals surface area contributed by atoms with Gasteiger partial charge in [-0.2, -0.15) is 10.2 Å². The third kappa shape index (κ3) is 6.32. The fourth-order valence-electron chi connectivity index (χ4n) is 2.66. The number of carbonyl (C=O) groups excluding carboxylic acids is 2. The van der Waals surface area contributed by atoms with Crippen molar-refractivity contribution in [3.63, 3.8) is 0 Å². The van der Waals surface area contributed by atoms with Crippen molar-refractivity contribution < 1.29 is 19.1 Å². The summed E-state index contributed by atoms with van der Waals surface area (Å²) in [6.07, 6.45) is 3.13. The highest BCUT2D eigenvalue weighted by atomic mass is 79.9. The molecule has 0 radical (unpaired) electrons. The highest BCUT2D eigenvalue weighted by molar-refractivity contribution is 9.10. The van der Waals surface area contributed by atoms with Crippen LogP contribution in [-0.2, 0) is 11.3 Å². The molecule has 0 saturated carbocycles. The highest BCUT2D eigenvalue weighted by Crippen LogP contribution is 2.27. The molecule has 0 aliphatic heterocycles. The summed E-state index contributed by atoms with van der Waals surface area (Å²) in [5.74, 6) is -0.339. The zero-order valence-corrected chi connectivity index (χ0v) is 19.3. The number of nitrogens with one attached hydrogen (secondary N) is 1. The second kappa shape index (κ2) is 10.8. The Morgan fingerprint density at radius 2 is 2.00 bits per heavy atom. The van der Waals surface area contributed by atoms with Gasteiger partial charge in [0.1, 0.15) is 0 Å². The minimum Gasteiger partial charge on any atom is -0.493 e. The number of carbonyl (C=O) groups is 2. The Balaban J connectivity index is 1.65. The number of rotatable bonds is 9. The largest absolute Gasteiger partial charge is 0.493 e. The van der Waals surface area contributed by atoms with Crippen LogP contribution in [0, 0.1) is 0 Å². The number of methoxy groups -OCH3 is 1. The SMILES string of the molecule is COc1ccc(/C=N/NC(=O)c2nn(Cc3ccc(Cl)cc3)cc2Br)cc1OCC(N)=O. The number of hydrazone groups is 1. The van der Waals surface area contributed by atoms with Crippen LogP contribution in [-0.4, -0.2) is 41.5 Å². The van der Waals surface area contributed by atoms with Gasteiger partial charge in [0.15, 0.2) is 23.8 Å². The summed E-state index contributed by atoms with van der Waals surface area (Å²) in [7, 11) is 1.48. The highest BCUT2D eigenvalue weighted by Gasteiger charge is 2.15. The Morgan fingerprint density at radius 1 is 1.25 bits per heavy atom. The van der Waals surface area contributed by atoms with Crippen LogP contribution < -0.4 is 20.6 Å². The van der Waals surface area contributed by atoms with E-state index in [1.807, 2.05) is 12.1 Å². The molecule has 0 atom stereocenters. The van der Waals surface area contributed by atoms with Crippen LogP contribution >= 0.6 is 27.5 Å². The lowest BCUT2D eigenvalue weighted by Crippen LogP contribution is -2.20. The van der Waals surface area contributed by atoms with Gasteiger partial charge in [-0.3, -0.25) is 14.3 Å². The fraction of sp³-hybridized carbons (Fsp3) is 0.143. The molecule has 166 valence electrons. The van der Waals surface area contributed by atoms with Crippen molar-refractivity contribution in [2.75, 3.05) is 13.7 Å². The average Bonchev–Trinajstić information content (AvgIpc) is 3.14. The van der Waals surface area contributed by atoms with E-state index in [1.54, 1.807) is 41.2 Å². The van der Waals surface area contributed by atoms with E-state index in [1.165, 1.54) is 13.3 Å². The number of nitrogens with two attached hydrogens (primary N) is 1. The molecular weight excluding hydrogens is 502 g/mol. The van der Waals surface area contributed by atoms with Crippen molar-refractivity contribution >= 4 is 45.6 Å². The van der Waals surface area contributed by atoms with Crippen LogP contribution in [0.4, 0.5) is 0 Å². The summed E-state index contributed by atoms with van der Waals surface area (Å²) in [5.41, 5.74) is 9.33. The zero-order chi connectivity index (χ0) is 23.1. The van der Waals surface area contributed by atoms with Crippen LogP contribution in [0.15, 0.2) is 58.2 Å². The van der Waals surface area contributed by atoms with Crippen LogP contribution in [0.5, 0.6) is 11.5 Å². The quantitative estimate of drug-likeness (QED) is 0.332. The Hall–Kier alpha value is -3.37. The summed E-state index contributed by atoms with van der Waals surface area (Å²) in [6, 6.07) is 12.3. The molecule has 9 nitrogen and oxygen atoms in total. The molecule has 3 N–H and O–H groups in total. The molecule has 11 heteroatoms. The molecule has 0 unspecified atom stereocenters. The first-order valence-corrected chi connectivity index (χ1v) is 10.4. The van der Waals surface area contributed by atoms with E-state index < -0.39 is 11.8 Å². The fourth-order valence-corrected chi connectivity index (χ4v) is 3.28. The van der Waals surface area contributed by atoms with E-state index in [-0.39, 0.29) is 12.3 Å². The topological polar surface area (TPSA) is 121 Å². The monoisotopic (exact) mass is 519 g/mol. The van der Waals surface area contributed by atoms with Crippen molar-refractivity contribution in [3.05, 3.63) is 75.0 Å². The first kappa shape index (κ1) is 23.3. The summed E-state index contributed by atoms with van der Waals surface area (Å²) >= 11 is 9.25. The second-order valence-electron chi connectivity index (χ2n) is 6.51. The molecule has 0 aliphatic rings. The lowest BCUT2D eigenvalue weighted by molar-refractivity contribution is -0.119. The number of amides is 2. The number of nitrogens with zero attached hydrogens (tertiary/aromatic N) is 3. The molecule has 0 saturated heterocycles. The predicted octanol–water partition coefficient (Wildman–Crippen LogP) is 2.98. The van der Waals surface area contributed by atoms with E-state index >= 15 is 0 Å². The minimum atomic E-state index is -0.612. The predicted molar refractivity (Wildman–Crippen MR) is 123 cm³/mol. The standard InChI is InChI=1S/C21H19BrClN5O4/c1-31-17-7-4-14(8-18(17)32-12-19(24)29)9-25-26-21(30)20-16(22)11-28(27-20)10-13-2-5-15(23)6-3-13/h2-9,11H,10,12H2,1H3,(H2,24,29)(H,26,30)/b25-9+. The maximum Gasteiger partial charge on any atom is 0.293 e. The number of halogens is 2. The smallest absolute Gasteiger partial charge is 0.293 e. The van der Waals surface area contributed by atoms with Gasteiger partial charge in [0.2, 0.25) is 0 Å². The Labute approximate surface area is 197 Å². The van der Waals surface area contributed by atoms with Crippen LogP contribution in [0.1, 0.15) is 21.6 Å². The molecule has 0 aliphatic carbocycles. The molecule has 0 fully saturated rings. The number of hydrogen-bond acceptors (Lipinski definition) is 6. The summed E-state index contributed by atoms with van der Waals surface area (Å²) in [6.45, 7) is 0.187. The third-order valence-electron chi connectivity index (χ3n) is 4.13. The summed E-state index contributed by atoms with van der Waals surface area (Å²) in [4.78, 5) is 23.4. The van der Waals surface area contributed by atoms with Crippen LogP contribution in [0.3, 0.4) is 0 Å². The maximum atomic E-state index is 12.5. The van der Waals surface area contributed by atoms with Crippen molar-refractivity contribution in [2.24, 2.45) is 10.8 Å². The number of hydrogen-bond donors (Lipinski definition) is 2.